The zero-order valence-electron chi connectivity index (χ0n) is 23.4. The molecule has 0 radical (unpaired) electrons. The molecule has 3 fully saturated rings. The minimum atomic E-state index is -0.730. The molecule has 210 valence electrons. The molecule has 8 atom stereocenters. The number of rotatable bonds is 11. The summed E-state index contributed by atoms with van der Waals surface area (Å²) < 4.78 is 4.80. The number of thioether (sulfide) groups is 1. The summed E-state index contributed by atoms with van der Waals surface area (Å²) in [4.78, 5) is 43.6. The Labute approximate surface area is 230 Å². The molecular weight excluding hydrogens is 502 g/mol. The molecular formula is C29H43N3O5S. The molecule has 9 heteroatoms. The van der Waals surface area contributed by atoms with E-state index in [9.17, 15) is 19.5 Å². The Bertz CT molecular complexity index is 1030. The van der Waals surface area contributed by atoms with E-state index in [1.54, 1.807) is 28.8 Å². The van der Waals surface area contributed by atoms with Crippen LogP contribution in [0.2, 0.25) is 0 Å². The van der Waals surface area contributed by atoms with Gasteiger partial charge >= 0.3 is 0 Å². The van der Waals surface area contributed by atoms with Crippen molar-refractivity contribution in [3.05, 3.63) is 24.3 Å². The van der Waals surface area contributed by atoms with E-state index in [2.05, 4.69) is 24.5 Å². The van der Waals surface area contributed by atoms with Gasteiger partial charge in [0.15, 0.2) is 0 Å². The standard InChI is InChI=1S/C29H43N3O5S/c1-7-9-18(6)30-27(35)25-29-17(5)14-22(38-29)23(24(29)28(36)32(25)21(15-33)16(3)4)26(34)31-19-10-12-20(13-11-19)37-8-2/h10-13,16-18,21-25,33H,7-9,14-15H2,1-6H3,(H,30,35)(H,31,34)/t17?,18?,21-,22-,23+,24-,25?,29?/m0/s1. The number of carbonyl (C=O) groups is 3. The van der Waals surface area contributed by atoms with Gasteiger partial charge in [0.25, 0.3) is 0 Å². The van der Waals surface area contributed by atoms with Crippen molar-refractivity contribution >= 4 is 35.2 Å². The first-order valence-corrected chi connectivity index (χ1v) is 14.9. The van der Waals surface area contributed by atoms with Gasteiger partial charge in [0.1, 0.15) is 11.8 Å². The molecule has 3 N–H and O–H groups in total. The molecule has 4 rings (SSSR count). The van der Waals surface area contributed by atoms with Crippen LogP contribution in [0.5, 0.6) is 5.75 Å². The van der Waals surface area contributed by atoms with Gasteiger partial charge in [-0.15, -0.1) is 11.8 Å². The number of anilines is 1. The second-order valence-electron chi connectivity index (χ2n) is 11.4. The molecule has 3 heterocycles. The predicted molar refractivity (Wildman–Crippen MR) is 150 cm³/mol. The maximum atomic E-state index is 14.3. The molecule has 0 aliphatic carbocycles. The highest BCUT2D eigenvalue weighted by molar-refractivity contribution is 8.02. The van der Waals surface area contributed by atoms with Crippen LogP contribution >= 0.6 is 11.8 Å². The second kappa shape index (κ2) is 11.5. The molecule has 4 unspecified atom stereocenters. The van der Waals surface area contributed by atoms with Crippen molar-refractivity contribution in [1.82, 2.24) is 10.2 Å². The second-order valence-corrected chi connectivity index (χ2v) is 13.0. The number of nitrogens with zero attached hydrogens (tertiary/aromatic N) is 1. The monoisotopic (exact) mass is 545 g/mol. The van der Waals surface area contributed by atoms with Gasteiger partial charge in [-0.05, 0) is 62.8 Å². The largest absolute Gasteiger partial charge is 0.494 e. The van der Waals surface area contributed by atoms with E-state index in [-0.39, 0.29) is 47.5 Å². The van der Waals surface area contributed by atoms with Gasteiger partial charge in [-0.25, -0.2) is 0 Å². The summed E-state index contributed by atoms with van der Waals surface area (Å²) in [5.41, 5.74) is 0.647. The van der Waals surface area contributed by atoms with Crippen molar-refractivity contribution in [2.75, 3.05) is 18.5 Å². The molecule has 3 aliphatic rings. The average Bonchev–Trinajstić information content (AvgIpc) is 3.45. The van der Waals surface area contributed by atoms with Gasteiger partial charge in [0, 0.05) is 17.0 Å². The number of amides is 3. The summed E-state index contributed by atoms with van der Waals surface area (Å²) >= 11 is 1.65. The number of fused-ring (bicyclic) bond motifs is 1. The number of aliphatic hydroxyl groups excluding tert-OH is 1. The lowest BCUT2D eigenvalue weighted by molar-refractivity contribution is -0.143. The summed E-state index contributed by atoms with van der Waals surface area (Å²) in [6.45, 7) is 12.3. The van der Waals surface area contributed by atoms with E-state index in [1.807, 2.05) is 39.8 Å². The van der Waals surface area contributed by atoms with Crippen molar-refractivity contribution in [2.24, 2.45) is 23.7 Å². The molecule has 0 aromatic heterocycles. The first kappa shape index (κ1) is 28.7. The van der Waals surface area contributed by atoms with Gasteiger partial charge in [-0.1, -0.05) is 34.1 Å². The fourth-order valence-electron chi connectivity index (χ4n) is 6.89. The van der Waals surface area contributed by atoms with Gasteiger partial charge in [0.05, 0.1) is 35.8 Å². The van der Waals surface area contributed by atoms with Crippen molar-refractivity contribution < 1.29 is 24.2 Å². The lowest BCUT2D eigenvalue weighted by Crippen LogP contribution is -2.60. The number of nitrogens with one attached hydrogen (secondary N) is 2. The van der Waals surface area contributed by atoms with Crippen LogP contribution in [-0.2, 0) is 14.4 Å². The third-order valence-electron chi connectivity index (χ3n) is 8.59. The molecule has 2 bridgehead atoms. The third-order valence-corrected chi connectivity index (χ3v) is 10.7. The molecule has 3 amide bonds. The number of hydrogen-bond donors (Lipinski definition) is 3. The molecule has 0 saturated carbocycles. The molecule has 1 aromatic carbocycles. The van der Waals surface area contributed by atoms with E-state index >= 15 is 0 Å². The Hall–Kier alpha value is -2.26. The van der Waals surface area contributed by atoms with Gasteiger partial charge in [-0.2, -0.15) is 0 Å². The topological polar surface area (TPSA) is 108 Å². The Kier molecular flexibility index (Phi) is 8.67. The van der Waals surface area contributed by atoms with Crippen molar-refractivity contribution in [1.29, 1.82) is 0 Å². The first-order valence-electron chi connectivity index (χ1n) is 14.0. The quantitative estimate of drug-likeness (QED) is 0.392. The van der Waals surface area contributed by atoms with Crippen LogP contribution in [0.3, 0.4) is 0 Å². The smallest absolute Gasteiger partial charge is 0.244 e. The molecule has 1 spiro atoms. The Morgan fingerprint density at radius 1 is 1.18 bits per heavy atom. The fourth-order valence-corrected chi connectivity index (χ4v) is 9.30. The van der Waals surface area contributed by atoms with Crippen LogP contribution < -0.4 is 15.4 Å². The highest BCUT2D eigenvalue weighted by Gasteiger charge is 2.76. The lowest BCUT2D eigenvalue weighted by Gasteiger charge is -2.41. The average molecular weight is 546 g/mol. The lowest BCUT2D eigenvalue weighted by atomic mass is 9.65. The van der Waals surface area contributed by atoms with Gasteiger partial charge in [0.2, 0.25) is 17.7 Å². The van der Waals surface area contributed by atoms with E-state index in [0.717, 1.165) is 25.0 Å². The van der Waals surface area contributed by atoms with Crippen LogP contribution in [0.25, 0.3) is 0 Å². The van der Waals surface area contributed by atoms with E-state index in [0.29, 0.717) is 12.3 Å². The number of benzene rings is 1. The van der Waals surface area contributed by atoms with Gasteiger partial charge in [-0.3, -0.25) is 14.4 Å². The highest BCUT2D eigenvalue weighted by atomic mass is 32.2. The molecule has 8 nitrogen and oxygen atoms in total. The number of likely N-dealkylation sites (tertiary alicyclic amines) is 1. The summed E-state index contributed by atoms with van der Waals surface area (Å²) in [7, 11) is 0. The van der Waals surface area contributed by atoms with Crippen LogP contribution in [0, 0.1) is 23.7 Å². The van der Waals surface area contributed by atoms with Crippen molar-refractivity contribution in [3.63, 3.8) is 0 Å². The minimum Gasteiger partial charge on any atom is -0.494 e. The molecule has 3 aliphatic heterocycles. The fraction of sp³-hybridized carbons (Fsp3) is 0.690. The summed E-state index contributed by atoms with van der Waals surface area (Å²) in [5.74, 6) is -0.951. The normalized spacial score (nSPS) is 31.3. The number of ether oxygens (including phenoxy) is 1. The number of carbonyl (C=O) groups excluding carboxylic acids is 3. The van der Waals surface area contributed by atoms with E-state index in [1.165, 1.54) is 0 Å². The Morgan fingerprint density at radius 3 is 2.45 bits per heavy atom. The van der Waals surface area contributed by atoms with Gasteiger partial charge < -0.3 is 25.4 Å². The SMILES string of the molecule is CCCC(C)NC(=O)C1N([C@@H](CO)C(C)C)C(=O)[C@@H]2[C@H](C(=O)Nc3ccc(OCC)cc3)[C@@H]3CC(C)C12S3. The third kappa shape index (κ3) is 4.81. The minimum absolute atomic E-state index is 0.0239. The van der Waals surface area contributed by atoms with E-state index in [4.69, 9.17) is 4.74 Å². The van der Waals surface area contributed by atoms with Crippen LogP contribution in [0.4, 0.5) is 5.69 Å². The number of aliphatic hydroxyl groups is 1. The Morgan fingerprint density at radius 2 is 1.87 bits per heavy atom. The summed E-state index contributed by atoms with van der Waals surface area (Å²) in [5, 5.41) is 16.5. The summed E-state index contributed by atoms with van der Waals surface area (Å²) in [6, 6.07) is 5.98. The van der Waals surface area contributed by atoms with Crippen LogP contribution in [0.1, 0.15) is 60.8 Å². The molecule has 3 saturated heterocycles. The van der Waals surface area contributed by atoms with Crippen LogP contribution in [0.15, 0.2) is 24.3 Å². The zero-order chi connectivity index (χ0) is 27.8. The number of hydrogen-bond acceptors (Lipinski definition) is 6. The van der Waals surface area contributed by atoms with E-state index < -0.39 is 28.7 Å². The van der Waals surface area contributed by atoms with Crippen molar-refractivity contribution in [3.8, 4) is 5.75 Å². The maximum Gasteiger partial charge on any atom is 0.244 e. The van der Waals surface area contributed by atoms with Crippen LogP contribution in [-0.4, -0.2) is 69.1 Å². The zero-order valence-corrected chi connectivity index (χ0v) is 24.2. The molecule has 38 heavy (non-hydrogen) atoms. The Balaban J connectivity index is 1.69. The predicted octanol–water partition coefficient (Wildman–Crippen LogP) is 3.68. The highest BCUT2D eigenvalue weighted by Crippen LogP contribution is 2.69. The van der Waals surface area contributed by atoms with Crippen molar-refractivity contribution in [2.45, 2.75) is 88.9 Å². The molecule has 1 aromatic rings. The first-order chi connectivity index (χ1) is 18.1. The maximum absolute atomic E-state index is 14.3. The summed E-state index contributed by atoms with van der Waals surface area (Å²) in [6.07, 6.45) is 2.55.